The maximum absolute atomic E-state index is 12.3. The van der Waals surface area contributed by atoms with E-state index in [0.717, 1.165) is 23.3 Å². The fourth-order valence-electron chi connectivity index (χ4n) is 2.43. The molecule has 0 spiro atoms. The zero-order chi connectivity index (χ0) is 18.4. The second kappa shape index (κ2) is 8.54. The van der Waals surface area contributed by atoms with Gasteiger partial charge >= 0.3 is 0 Å². The highest BCUT2D eigenvalue weighted by Gasteiger charge is 2.11. The van der Waals surface area contributed by atoms with Gasteiger partial charge in [0, 0.05) is 17.1 Å². The molecule has 134 valence electrons. The lowest BCUT2D eigenvalue weighted by atomic mass is 10.1. The maximum atomic E-state index is 12.3. The van der Waals surface area contributed by atoms with Crippen LogP contribution >= 0.6 is 11.6 Å². The van der Waals surface area contributed by atoms with E-state index in [9.17, 15) is 4.79 Å². The summed E-state index contributed by atoms with van der Waals surface area (Å²) in [6.07, 6.45) is 0.971. The van der Waals surface area contributed by atoms with Crippen molar-refractivity contribution in [2.75, 3.05) is 6.61 Å². The number of hydrogen-bond donors (Lipinski definition) is 2. The second-order valence-electron chi connectivity index (χ2n) is 5.85. The van der Waals surface area contributed by atoms with Crippen molar-refractivity contribution in [1.29, 1.82) is 0 Å². The molecule has 3 aromatic rings. The van der Waals surface area contributed by atoms with Gasteiger partial charge in [-0.05, 0) is 42.3 Å². The minimum absolute atomic E-state index is 0.211. The first-order chi connectivity index (χ1) is 12.7. The highest BCUT2D eigenvalue weighted by Crippen LogP contribution is 2.21. The van der Waals surface area contributed by atoms with Crippen LogP contribution in [0.25, 0.3) is 11.3 Å². The summed E-state index contributed by atoms with van der Waals surface area (Å²) in [5.41, 5.74) is 2.94. The van der Waals surface area contributed by atoms with E-state index < -0.39 is 0 Å². The van der Waals surface area contributed by atoms with Gasteiger partial charge in [-0.25, -0.2) is 0 Å². The molecule has 0 aliphatic heterocycles. The molecule has 0 radical (unpaired) electrons. The molecule has 5 nitrogen and oxygen atoms in total. The van der Waals surface area contributed by atoms with Crippen LogP contribution in [0.5, 0.6) is 5.75 Å². The van der Waals surface area contributed by atoms with Crippen molar-refractivity contribution < 1.29 is 9.53 Å². The Labute approximate surface area is 157 Å². The molecule has 0 aliphatic carbocycles. The molecule has 3 rings (SSSR count). The lowest BCUT2D eigenvalue weighted by Crippen LogP contribution is -2.23. The molecule has 0 unspecified atom stereocenters. The second-order valence-corrected chi connectivity index (χ2v) is 6.29. The number of nitrogens with zero attached hydrogens (tertiary/aromatic N) is 1. The molecule has 6 heteroatoms. The third-order valence-corrected chi connectivity index (χ3v) is 4.03. The number of aromatic nitrogens is 2. The molecule has 0 bridgehead atoms. The monoisotopic (exact) mass is 369 g/mol. The average molecular weight is 370 g/mol. The van der Waals surface area contributed by atoms with Crippen LogP contribution in [0, 0.1) is 0 Å². The van der Waals surface area contributed by atoms with Crippen molar-refractivity contribution in [2.24, 2.45) is 0 Å². The van der Waals surface area contributed by atoms with Crippen LogP contribution in [0.3, 0.4) is 0 Å². The SMILES string of the molecule is CCCOc1ccc(CNC(=O)c2cc(-c3cccc(Cl)c3)n[nH]2)cc1. The third kappa shape index (κ3) is 4.64. The van der Waals surface area contributed by atoms with Gasteiger partial charge in [0.25, 0.3) is 5.91 Å². The summed E-state index contributed by atoms with van der Waals surface area (Å²) in [5, 5.41) is 10.5. The third-order valence-electron chi connectivity index (χ3n) is 3.79. The molecule has 1 aromatic heterocycles. The number of halogens is 1. The summed E-state index contributed by atoms with van der Waals surface area (Å²) in [5.74, 6) is 0.624. The van der Waals surface area contributed by atoms with E-state index in [1.165, 1.54) is 0 Å². The average Bonchev–Trinajstić information content (AvgIpc) is 3.15. The molecule has 0 saturated heterocycles. The number of aromatic amines is 1. The van der Waals surface area contributed by atoms with E-state index in [1.807, 2.05) is 42.5 Å². The van der Waals surface area contributed by atoms with Gasteiger partial charge in [0.05, 0.1) is 12.3 Å². The molecule has 0 atom stereocenters. The number of hydrogen-bond acceptors (Lipinski definition) is 3. The topological polar surface area (TPSA) is 67.0 Å². The minimum Gasteiger partial charge on any atom is -0.494 e. The van der Waals surface area contributed by atoms with Gasteiger partial charge < -0.3 is 10.1 Å². The number of benzene rings is 2. The first-order valence-corrected chi connectivity index (χ1v) is 8.85. The van der Waals surface area contributed by atoms with Gasteiger partial charge in [0.2, 0.25) is 0 Å². The molecule has 0 saturated carbocycles. The van der Waals surface area contributed by atoms with Crippen molar-refractivity contribution in [1.82, 2.24) is 15.5 Å². The van der Waals surface area contributed by atoms with E-state index >= 15 is 0 Å². The number of amides is 1. The Morgan fingerprint density at radius 1 is 1.19 bits per heavy atom. The van der Waals surface area contributed by atoms with E-state index in [1.54, 1.807) is 12.1 Å². The fourth-order valence-corrected chi connectivity index (χ4v) is 2.63. The highest BCUT2D eigenvalue weighted by atomic mass is 35.5. The first kappa shape index (κ1) is 18.0. The Hall–Kier alpha value is -2.79. The van der Waals surface area contributed by atoms with Crippen LogP contribution in [0.4, 0.5) is 0 Å². The van der Waals surface area contributed by atoms with Gasteiger partial charge in [-0.15, -0.1) is 0 Å². The van der Waals surface area contributed by atoms with Crippen molar-refractivity contribution >= 4 is 17.5 Å². The number of H-pyrrole nitrogens is 1. The Balaban J connectivity index is 1.58. The summed E-state index contributed by atoms with van der Waals surface area (Å²) in [6.45, 7) is 3.19. The zero-order valence-electron chi connectivity index (χ0n) is 14.5. The van der Waals surface area contributed by atoms with E-state index in [4.69, 9.17) is 16.3 Å². The van der Waals surface area contributed by atoms with E-state index in [-0.39, 0.29) is 5.91 Å². The lowest BCUT2D eigenvalue weighted by molar-refractivity contribution is 0.0946. The Morgan fingerprint density at radius 2 is 2.00 bits per heavy atom. The molecular weight excluding hydrogens is 350 g/mol. The maximum Gasteiger partial charge on any atom is 0.269 e. The molecular formula is C20H20ClN3O2. The van der Waals surface area contributed by atoms with Crippen LogP contribution < -0.4 is 10.1 Å². The predicted molar refractivity (Wildman–Crippen MR) is 102 cm³/mol. The Kier molecular flexibility index (Phi) is 5.92. The van der Waals surface area contributed by atoms with Crippen molar-refractivity contribution in [3.05, 3.63) is 70.9 Å². The standard InChI is InChI=1S/C20H20ClN3O2/c1-2-10-26-17-8-6-14(7-9-17)13-22-20(25)19-12-18(23-24-19)15-4-3-5-16(21)11-15/h3-9,11-12H,2,10,13H2,1H3,(H,22,25)(H,23,24). The molecule has 0 aliphatic rings. The normalized spacial score (nSPS) is 10.5. The zero-order valence-corrected chi connectivity index (χ0v) is 15.2. The van der Waals surface area contributed by atoms with Crippen LogP contribution in [0.2, 0.25) is 5.02 Å². The van der Waals surface area contributed by atoms with Crippen molar-refractivity contribution in [3.8, 4) is 17.0 Å². The van der Waals surface area contributed by atoms with Gasteiger partial charge in [0.15, 0.2) is 0 Å². The Bertz CT molecular complexity index is 875. The van der Waals surface area contributed by atoms with Crippen LogP contribution in [-0.4, -0.2) is 22.7 Å². The largest absolute Gasteiger partial charge is 0.494 e. The van der Waals surface area contributed by atoms with Gasteiger partial charge in [-0.2, -0.15) is 5.10 Å². The van der Waals surface area contributed by atoms with Gasteiger partial charge in [-0.1, -0.05) is 42.8 Å². The number of carbonyl (C=O) groups excluding carboxylic acids is 1. The lowest BCUT2D eigenvalue weighted by Gasteiger charge is -2.07. The highest BCUT2D eigenvalue weighted by molar-refractivity contribution is 6.30. The number of ether oxygens (including phenoxy) is 1. The van der Waals surface area contributed by atoms with Crippen molar-refractivity contribution in [2.45, 2.75) is 19.9 Å². The predicted octanol–water partition coefficient (Wildman–Crippen LogP) is 4.45. The van der Waals surface area contributed by atoms with Gasteiger partial charge in [-0.3, -0.25) is 9.89 Å². The van der Waals surface area contributed by atoms with Gasteiger partial charge in [0.1, 0.15) is 11.4 Å². The number of rotatable bonds is 7. The summed E-state index contributed by atoms with van der Waals surface area (Å²) in [4.78, 5) is 12.3. The fraction of sp³-hybridized carbons (Fsp3) is 0.200. The smallest absolute Gasteiger partial charge is 0.269 e. The van der Waals surface area contributed by atoms with Crippen LogP contribution in [-0.2, 0) is 6.54 Å². The van der Waals surface area contributed by atoms with Crippen molar-refractivity contribution in [3.63, 3.8) is 0 Å². The number of nitrogens with one attached hydrogen (secondary N) is 2. The molecule has 1 amide bonds. The first-order valence-electron chi connectivity index (χ1n) is 8.47. The molecule has 1 heterocycles. The molecule has 26 heavy (non-hydrogen) atoms. The molecule has 2 N–H and O–H groups in total. The van der Waals surface area contributed by atoms with E-state index in [0.29, 0.717) is 29.6 Å². The summed E-state index contributed by atoms with van der Waals surface area (Å²) >= 11 is 5.99. The van der Waals surface area contributed by atoms with E-state index in [2.05, 4.69) is 22.4 Å². The summed E-state index contributed by atoms with van der Waals surface area (Å²) < 4.78 is 5.55. The summed E-state index contributed by atoms with van der Waals surface area (Å²) in [6, 6.07) is 16.8. The summed E-state index contributed by atoms with van der Waals surface area (Å²) in [7, 11) is 0. The number of carbonyl (C=O) groups is 1. The molecule has 2 aromatic carbocycles. The molecule has 0 fully saturated rings. The van der Waals surface area contributed by atoms with Crippen LogP contribution in [0.1, 0.15) is 29.4 Å². The van der Waals surface area contributed by atoms with Crippen LogP contribution in [0.15, 0.2) is 54.6 Å². The Morgan fingerprint density at radius 3 is 2.73 bits per heavy atom. The quantitative estimate of drug-likeness (QED) is 0.646. The minimum atomic E-state index is -0.211.